The van der Waals surface area contributed by atoms with Gasteiger partial charge in [-0.2, -0.15) is 0 Å². The molecule has 12 aromatic rings. The lowest BCUT2D eigenvalue weighted by molar-refractivity contribution is 0.667. The minimum absolute atomic E-state index is 0.771. The zero-order valence-electron chi connectivity index (χ0n) is 35.3. The smallest absolute Gasteiger partial charge is 0.159 e. The first-order chi connectivity index (χ1) is 32.2. The molecule has 5 nitrogen and oxygen atoms in total. The molecule has 0 radical (unpaired) electrons. The highest BCUT2D eigenvalue weighted by atomic mass is 16.3. The predicted molar refractivity (Wildman–Crippen MR) is 270 cm³/mol. The second-order valence-corrected chi connectivity index (χ2v) is 16.1. The van der Waals surface area contributed by atoms with Gasteiger partial charge in [0.15, 0.2) is 5.58 Å². The number of para-hydroxylation sites is 7. The van der Waals surface area contributed by atoms with E-state index in [0.29, 0.717) is 0 Å². The lowest BCUT2D eigenvalue weighted by Crippen LogP contribution is -2.13. The molecule has 0 bridgehead atoms. The number of hydrogen-bond acceptors (Lipinski definition) is 5. The Kier molecular flexibility index (Phi) is 9.42. The lowest BCUT2D eigenvalue weighted by atomic mass is 10.00. The molecule has 0 fully saturated rings. The van der Waals surface area contributed by atoms with Crippen molar-refractivity contribution in [2.24, 2.45) is 0 Å². The summed E-state index contributed by atoms with van der Waals surface area (Å²) in [5, 5.41) is 4.18. The number of hydrogen-bond donors (Lipinski definition) is 0. The molecule has 0 N–H and O–H groups in total. The van der Waals surface area contributed by atoms with Crippen molar-refractivity contribution in [1.29, 1.82) is 0 Å². The second kappa shape index (κ2) is 16.2. The molecule has 0 atom stereocenters. The van der Waals surface area contributed by atoms with E-state index in [4.69, 9.17) is 8.83 Å². The fourth-order valence-corrected chi connectivity index (χ4v) is 9.28. The van der Waals surface area contributed by atoms with Crippen LogP contribution in [0.4, 0.5) is 51.2 Å². The van der Waals surface area contributed by atoms with Gasteiger partial charge in [0.1, 0.15) is 16.7 Å². The van der Waals surface area contributed by atoms with Crippen LogP contribution in [0, 0.1) is 0 Å². The molecule has 0 saturated carbocycles. The molecule has 12 rings (SSSR count). The Labute approximate surface area is 376 Å². The van der Waals surface area contributed by atoms with Crippen molar-refractivity contribution in [1.82, 2.24) is 0 Å². The minimum Gasteiger partial charge on any atom is -0.456 e. The summed E-state index contributed by atoms with van der Waals surface area (Å²) in [5.74, 6) is 0. The van der Waals surface area contributed by atoms with Gasteiger partial charge >= 0.3 is 0 Å². The topological polar surface area (TPSA) is 36.0 Å². The van der Waals surface area contributed by atoms with Crippen LogP contribution in [0.5, 0.6) is 0 Å². The molecular weight excluding hydrogens is 795 g/mol. The Bertz CT molecular complexity index is 3530. The van der Waals surface area contributed by atoms with Gasteiger partial charge in [-0.05, 0) is 114 Å². The van der Waals surface area contributed by atoms with Crippen LogP contribution >= 0.6 is 0 Å². The van der Waals surface area contributed by atoms with E-state index in [-0.39, 0.29) is 0 Å². The Morgan fingerprint density at radius 3 is 1.34 bits per heavy atom. The van der Waals surface area contributed by atoms with Crippen LogP contribution < -0.4 is 14.7 Å². The quantitative estimate of drug-likeness (QED) is 0.137. The predicted octanol–water partition coefficient (Wildman–Crippen LogP) is 17.6. The van der Waals surface area contributed by atoms with Crippen LogP contribution in [-0.2, 0) is 0 Å². The van der Waals surface area contributed by atoms with Crippen molar-refractivity contribution in [2.45, 2.75) is 0 Å². The summed E-state index contributed by atoms with van der Waals surface area (Å²) in [6, 6.07) is 87.3. The number of furan rings is 2. The van der Waals surface area contributed by atoms with Gasteiger partial charge in [-0.3, -0.25) is 0 Å². The van der Waals surface area contributed by atoms with Gasteiger partial charge in [0.05, 0.1) is 22.4 Å². The van der Waals surface area contributed by atoms with Crippen LogP contribution in [0.1, 0.15) is 0 Å². The molecule has 65 heavy (non-hydrogen) atoms. The third-order valence-corrected chi connectivity index (χ3v) is 12.2. The van der Waals surface area contributed by atoms with Crippen molar-refractivity contribution >= 4 is 95.1 Å². The van der Waals surface area contributed by atoms with Crippen LogP contribution in [0.2, 0.25) is 0 Å². The number of benzene rings is 10. The van der Waals surface area contributed by atoms with Gasteiger partial charge in [0.25, 0.3) is 0 Å². The first-order valence-corrected chi connectivity index (χ1v) is 21.9. The summed E-state index contributed by atoms with van der Waals surface area (Å²) in [4.78, 5) is 6.94. The second-order valence-electron chi connectivity index (χ2n) is 16.1. The third-order valence-electron chi connectivity index (χ3n) is 12.2. The van der Waals surface area contributed by atoms with E-state index in [2.05, 4.69) is 251 Å². The largest absolute Gasteiger partial charge is 0.456 e. The Hall–Kier alpha value is -8.80. The molecule has 10 aromatic carbocycles. The van der Waals surface area contributed by atoms with E-state index in [9.17, 15) is 0 Å². The monoisotopic (exact) mass is 835 g/mol. The van der Waals surface area contributed by atoms with Gasteiger partial charge in [-0.15, -0.1) is 0 Å². The first kappa shape index (κ1) is 37.9. The van der Waals surface area contributed by atoms with Gasteiger partial charge in [0.2, 0.25) is 0 Å². The normalized spacial score (nSPS) is 11.4. The zero-order valence-corrected chi connectivity index (χ0v) is 35.3. The Morgan fingerprint density at radius 2 is 0.723 bits per heavy atom. The molecule has 2 aromatic heterocycles. The van der Waals surface area contributed by atoms with Crippen LogP contribution in [0.25, 0.3) is 55.0 Å². The van der Waals surface area contributed by atoms with E-state index in [0.717, 1.165) is 106 Å². The van der Waals surface area contributed by atoms with Crippen molar-refractivity contribution in [3.63, 3.8) is 0 Å². The highest BCUT2D eigenvalue weighted by Crippen LogP contribution is 2.49. The summed E-state index contributed by atoms with van der Waals surface area (Å²) in [6.45, 7) is 0. The molecule has 0 aliphatic carbocycles. The third kappa shape index (κ3) is 6.83. The SMILES string of the molecule is c1ccc(N(c2ccccc2)c2cccc(-c3ccc4oc5cc(N(c6ccccc6)c6cccc7c6oc6ccccc67)cc(N(c6ccccc6)c6ccccc6)c5c4c3)c2)cc1. The Morgan fingerprint density at radius 1 is 0.246 bits per heavy atom. The maximum absolute atomic E-state index is 7.00. The standard InChI is InChI=1S/C60H41N3O2/c1-6-21-44(22-7-1)61(45-23-8-2-9-24-45)49-31-18-20-42(38-49)43-36-37-57-53(39-43)59-55(62(46-25-10-3-11-26-46)47-27-12-4-13-28-47)40-50(41-58(59)64-57)63(48-29-14-5-15-30-48)54-34-19-33-52-51-32-16-17-35-56(51)65-60(52)54/h1-41H. The summed E-state index contributed by atoms with van der Waals surface area (Å²) < 4.78 is 13.7. The van der Waals surface area contributed by atoms with Crippen LogP contribution in [-0.4, -0.2) is 0 Å². The van der Waals surface area contributed by atoms with Gasteiger partial charge in [0, 0.05) is 56.3 Å². The molecule has 0 aliphatic heterocycles. The van der Waals surface area contributed by atoms with Crippen molar-refractivity contribution in [3.05, 3.63) is 249 Å². The summed E-state index contributed by atoms with van der Waals surface area (Å²) >= 11 is 0. The van der Waals surface area contributed by atoms with Crippen LogP contribution in [0.15, 0.2) is 258 Å². The summed E-state index contributed by atoms with van der Waals surface area (Å²) in [5.41, 5.74) is 14.6. The molecule has 308 valence electrons. The minimum atomic E-state index is 0.771. The molecular formula is C60H41N3O2. The number of nitrogens with zero attached hydrogens (tertiary/aromatic N) is 3. The molecule has 5 heteroatoms. The molecule has 0 amide bonds. The van der Waals surface area contributed by atoms with E-state index in [1.807, 2.05) is 12.1 Å². The Balaban J connectivity index is 1.10. The van der Waals surface area contributed by atoms with Crippen molar-refractivity contribution in [2.75, 3.05) is 14.7 Å². The highest BCUT2D eigenvalue weighted by molar-refractivity contribution is 6.16. The maximum atomic E-state index is 7.00. The summed E-state index contributed by atoms with van der Waals surface area (Å²) in [7, 11) is 0. The average molecular weight is 836 g/mol. The van der Waals surface area contributed by atoms with E-state index >= 15 is 0 Å². The summed E-state index contributed by atoms with van der Waals surface area (Å²) in [6.07, 6.45) is 0. The highest BCUT2D eigenvalue weighted by Gasteiger charge is 2.26. The molecule has 0 aliphatic rings. The van der Waals surface area contributed by atoms with Gasteiger partial charge < -0.3 is 23.5 Å². The number of fused-ring (bicyclic) bond motifs is 6. The van der Waals surface area contributed by atoms with E-state index < -0.39 is 0 Å². The lowest BCUT2D eigenvalue weighted by Gasteiger charge is -2.30. The van der Waals surface area contributed by atoms with Gasteiger partial charge in [-0.25, -0.2) is 0 Å². The molecule has 0 spiro atoms. The van der Waals surface area contributed by atoms with Gasteiger partial charge in [-0.1, -0.05) is 140 Å². The fourth-order valence-electron chi connectivity index (χ4n) is 9.28. The molecule has 2 heterocycles. The fraction of sp³-hybridized carbons (Fsp3) is 0. The maximum Gasteiger partial charge on any atom is 0.159 e. The molecule has 0 unspecified atom stereocenters. The first-order valence-electron chi connectivity index (χ1n) is 21.9. The number of anilines is 9. The van der Waals surface area contributed by atoms with Crippen molar-refractivity contribution in [3.8, 4) is 11.1 Å². The van der Waals surface area contributed by atoms with Crippen LogP contribution in [0.3, 0.4) is 0 Å². The number of rotatable bonds is 10. The average Bonchev–Trinajstić information content (AvgIpc) is 3.95. The zero-order chi connectivity index (χ0) is 43.1. The van der Waals surface area contributed by atoms with E-state index in [1.165, 1.54) is 0 Å². The molecule has 0 saturated heterocycles. The van der Waals surface area contributed by atoms with Crippen molar-refractivity contribution < 1.29 is 8.83 Å². The van der Waals surface area contributed by atoms with E-state index in [1.54, 1.807) is 0 Å².